The predicted octanol–water partition coefficient (Wildman–Crippen LogP) is 3.44. The third kappa shape index (κ3) is 2.28. The first-order valence-corrected chi connectivity index (χ1v) is 7.84. The van der Waals surface area contributed by atoms with Crippen LogP contribution in [0.3, 0.4) is 0 Å². The summed E-state index contributed by atoms with van der Waals surface area (Å²) in [7, 11) is 3.30. The van der Waals surface area contributed by atoms with E-state index in [1.165, 1.54) is 0 Å². The molecule has 0 atom stereocenters. The molecular weight excluding hydrogens is 302 g/mol. The van der Waals surface area contributed by atoms with Crippen molar-refractivity contribution in [1.29, 1.82) is 0 Å². The standard InChI is InChI=1S/C19H21N3O2/c1-10-7-8-14(16-12(3)11(2)13(4)21-17(10)16)18(23)15-9-20-22(5)19(15)24-6/h7-9H,1-6H3. The van der Waals surface area contributed by atoms with Gasteiger partial charge in [0.05, 0.1) is 18.8 Å². The van der Waals surface area contributed by atoms with Crippen molar-refractivity contribution in [3.05, 3.63) is 51.8 Å². The van der Waals surface area contributed by atoms with Gasteiger partial charge in [-0.05, 0) is 50.5 Å². The number of aryl methyl sites for hydroxylation is 4. The lowest BCUT2D eigenvalue weighted by Crippen LogP contribution is -2.07. The van der Waals surface area contributed by atoms with E-state index in [-0.39, 0.29) is 5.78 Å². The number of hydrogen-bond donors (Lipinski definition) is 0. The molecule has 3 rings (SSSR count). The number of nitrogens with zero attached hydrogens (tertiary/aromatic N) is 3. The van der Waals surface area contributed by atoms with Crippen molar-refractivity contribution >= 4 is 16.7 Å². The maximum absolute atomic E-state index is 13.2. The average Bonchev–Trinajstić information content (AvgIpc) is 2.93. The monoisotopic (exact) mass is 323 g/mol. The van der Waals surface area contributed by atoms with E-state index in [2.05, 4.69) is 5.10 Å². The van der Waals surface area contributed by atoms with Gasteiger partial charge in [-0.1, -0.05) is 6.07 Å². The smallest absolute Gasteiger partial charge is 0.222 e. The number of hydrogen-bond acceptors (Lipinski definition) is 4. The molecule has 0 saturated carbocycles. The number of carbonyl (C=O) groups excluding carboxylic acids is 1. The highest BCUT2D eigenvalue weighted by Gasteiger charge is 2.22. The van der Waals surface area contributed by atoms with E-state index in [0.717, 1.165) is 33.3 Å². The predicted molar refractivity (Wildman–Crippen MR) is 93.9 cm³/mol. The first kappa shape index (κ1) is 16.2. The van der Waals surface area contributed by atoms with E-state index in [4.69, 9.17) is 9.72 Å². The van der Waals surface area contributed by atoms with Crippen LogP contribution >= 0.6 is 0 Å². The van der Waals surface area contributed by atoms with Gasteiger partial charge in [-0.3, -0.25) is 9.78 Å². The van der Waals surface area contributed by atoms with Crippen LogP contribution in [0.2, 0.25) is 0 Å². The van der Waals surface area contributed by atoms with Crippen LogP contribution in [0, 0.1) is 27.7 Å². The quantitative estimate of drug-likeness (QED) is 0.693. The van der Waals surface area contributed by atoms with Gasteiger partial charge in [0, 0.05) is 23.7 Å². The zero-order valence-electron chi connectivity index (χ0n) is 14.9. The van der Waals surface area contributed by atoms with E-state index in [0.29, 0.717) is 17.0 Å². The summed E-state index contributed by atoms with van der Waals surface area (Å²) in [5.74, 6) is 0.362. The van der Waals surface area contributed by atoms with Gasteiger partial charge in [-0.25, -0.2) is 4.68 Å². The number of fused-ring (bicyclic) bond motifs is 1. The topological polar surface area (TPSA) is 57.0 Å². The first-order chi connectivity index (χ1) is 11.4. The summed E-state index contributed by atoms with van der Waals surface area (Å²) in [4.78, 5) is 17.9. The van der Waals surface area contributed by atoms with Crippen LogP contribution in [0.5, 0.6) is 5.88 Å². The summed E-state index contributed by atoms with van der Waals surface area (Å²) in [5, 5.41) is 5.05. The van der Waals surface area contributed by atoms with Crippen LogP contribution < -0.4 is 4.74 Å². The fraction of sp³-hybridized carbons (Fsp3) is 0.316. The SMILES string of the molecule is COc1c(C(=O)c2ccc(C)c3nc(C)c(C)c(C)c23)cnn1C. The van der Waals surface area contributed by atoms with Crippen LogP contribution in [-0.2, 0) is 7.05 Å². The Balaban J connectivity index is 2.32. The van der Waals surface area contributed by atoms with Gasteiger partial charge >= 0.3 is 0 Å². The Morgan fingerprint density at radius 2 is 1.79 bits per heavy atom. The number of ketones is 1. The molecule has 0 N–H and O–H groups in total. The highest BCUT2D eigenvalue weighted by molar-refractivity contribution is 6.18. The van der Waals surface area contributed by atoms with Crippen molar-refractivity contribution in [2.45, 2.75) is 27.7 Å². The minimum atomic E-state index is -0.0990. The third-order valence-corrected chi connectivity index (χ3v) is 4.71. The zero-order valence-corrected chi connectivity index (χ0v) is 14.9. The summed E-state index contributed by atoms with van der Waals surface area (Å²) in [5.41, 5.74) is 6.23. The van der Waals surface area contributed by atoms with Gasteiger partial charge < -0.3 is 4.74 Å². The second-order valence-electron chi connectivity index (χ2n) is 6.12. The molecule has 0 radical (unpaired) electrons. The Morgan fingerprint density at radius 1 is 1.08 bits per heavy atom. The second kappa shape index (κ2) is 5.74. The molecule has 0 aliphatic carbocycles. The molecule has 3 aromatic rings. The van der Waals surface area contributed by atoms with E-state index in [9.17, 15) is 4.79 Å². The van der Waals surface area contributed by atoms with Crippen molar-refractivity contribution < 1.29 is 9.53 Å². The Bertz CT molecular complexity index is 971. The van der Waals surface area contributed by atoms with Crippen molar-refractivity contribution in [2.24, 2.45) is 7.05 Å². The number of methoxy groups -OCH3 is 1. The van der Waals surface area contributed by atoms with Crippen LogP contribution in [-0.4, -0.2) is 27.7 Å². The fourth-order valence-corrected chi connectivity index (χ4v) is 3.09. The molecule has 2 heterocycles. The Morgan fingerprint density at radius 3 is 2.46 bits per heavy atom. The van der Waals surface area contributed by atoms with Gasteiger partial charge in [0.2, 0.25) is 11.7 Å². The first-order valence-electron chi connectivity index (χ1n) is 7.84. The molecule has 0 bridgehead atoms. The minimum Gasteiger partial charge on any atom is -0.481 e. The molecule has 1 aromatic carbocycles. The normalized spacial score (nSPS) is 11.1. The number of carbonyl (C=O) groups is 1. The molecule has 24 heavy (non-hydrogen) atoms. The summed E-state index contributed by atoms with van der Waals surface area (Å²) in [6.07, 6.45) is 1.55. The summed E-state index contributed by atoms with van der Waals surface area (Å²) < 4.78 is 6.89. The zero-order chi connectivity index (χ0) is 17.6. The maximum Gasteiger partial charge on any atom is 0.222 e. The molecule has 2 aromatic heterocycles. The molecule has 0 amide bonds. The van der Waals surface area contributed by atoms with Crippen LogP contribution in [0.25, 0.3) is 10.9 Å². The molecule has 5 heteroatoms. The van der Waals surface area contributed by atoms with Crippen LogP contribution in [0.15, 0.2) is 18.3 Å². The summed E-state index contributed by atoms with van der Waals surface area (Å²) in [6, 6.07) is 3.81. The van der Waals surface area contributed by atoms with E-state index < -0.39 is 0 Å². The number of benzene rings is 1. The number of rotatable bonds is 3. The van der Waals surface area contributed by atoms with Gasteiger partial charge in [0.25, 0.3) is 0 Å². The van der Waals surface area contributed by atoms with Crippen LogP contribution in [0.1, 0.15) is 38.3 Å². The number of aromatic nitrogens is 3. The second-order valence-corrected chi connectivity index (χ2v) is 6.12. The molecule has 0 spiro atoms. The molecule has 0 aliphatic heterocycles. The molecule has 5 nitrogen and oxygen atoms in total. The van der Waals surface area contributed by atoms with Gasteiger partial charge in [-0.2, -0.15) is 5.10 Å². The summed E-state index contributed by atoms with van der Waals surface area (Å²) >= 11 is 0. The van der Waals surface area contributed by atoms with Gasteiger partial charge in [0.1, 0.15) is 5.56 Å². The van der Waals surface area contributed by atoms with E-state index in [1.54, 1.807) is 25.0 Å². The Hall–Kier alpha value is -2.69. The molecule has 0 saturated heterocycles. The average molecular weight is 323 g/mol. The molecule has 0 aliphatic rings. The molecular formula is C19H21N3O2. The molecule has 0 fully saturated rings. The lowest BCUT2D eigenvalue weighted by Gasteiger charge is -2.14. The third-order valence-electron chi connectivity index (χ3n) is 4.71. The van der Waals surface area contributed by atoms with Gasteiger partial charge in [0.15, 0.2) is 0 Å². The lowest BCUT2D eigenvalue weighted by molar-refractivity contribution is 0.103. The lowest BCUT2D eigenvalue weighted by atomic mass is 9.93. The fourth-order valence-electron chi connectivity index (χ4n) is 3.09. The summed E-state index contributed by atoms with van der Waals surface area (Å²) in [6.45, 7) is 8.10. The Kier molecular flexibility index (Phi) is 3.87. The molecule has 0 unspecified atom stereocenters. The molecule has 124 valence electrons. The van der Waals surface area contributed by atoms with Crippen molar-refractivity contribution in [2.75, 3.05) is 7.11 Å². The van der Waals surface area contributed by atoms with Gasteiger partial charge in [-0.15, -0.1) is 0 Å². The number of ether oxygens (including phenoxy) is 1. The van der Waals surface area contributed by atoms with Crippen LogP contribution in [0.4, 0.5) is 0 Å². The Labute approximate surface area is 141 Å². The highest BCUT2D eigenvalue weighted by atomic mass is 16.5. The largest absolute Gasteiger partial charge is 0.481 e. The van der Waals surface area contributed by atoms with Crippen molar-refractivity contribution in [3.63, 3.8) is 0 Å². The van der Waals surface area contributed by atoms with E-state index in [1.807, 2.05) is 39.8 Å². The van der Waals surface area contributed by atoms with Crippen molar-refractivity contribution in [1.82, 2.24) is 14.8 Å². The van der Waals surface area contributed by atoms with Crippen molar-refractivity contribution in [3.8, 4) is 5.88 Å². The minimum absolute atomic E-state index is 0.0990. The maximum atomic E-state index is 13.2. The van der Waals surface area contributed by atoms with E-state index >= 15 is 0 Å². The highest BCUT2D eigenvalue weighted by Crippen LogP contribution is 2.31. The number of pyridine rings is 1.